The Morgan fingerprint density at radius 2 is 0.955 bits per heavy atom. The van der Waals surface area contributed by atoms with Gasteiger partial charge < -0.3 is 54.6 Å². The van der Waals surface area contributed by atoms with Gasteiger partial charge in [-0.2, -0.15) is 0 Å². The summed E-state index contributed by atoms with van der Waals surface area (Å²) in [6, 6.07) is 0. The summed E-state index contributed by atoms with van der Waals surface area (Å²) in [5, 5.41) is 57.9. The van der Waals surface area contributed by atoms with E-state index in [2.05, 4.69) is 0 Å². The van der Waals surface area contributed by atoms with Crippen molar-refractivity contribution < 1.29 is 84.2 Å². The molecule has 0 rings (SSSR count). The monoisotopic (exact) mass is 328 g/mol. The third kappa shape index (κ3) is 14.7. The minimum Gasteiger partial charge on any atom is -0.550 e. The Balaban J connectivity index is -0.000000348. The van der Waals surface area contributed by atoms with Gasteiger partial charge in [0.15, 0.2) is 0 Å². The van der Waals surface area contributed by atoms with Gasteiger partial charge in [0.05, 0.1) is 5.97 Å². The van der Waals surface area contributed by atoms with Crippen LogP contribution in [-0.4, -0.2) is 40.6 Å². The van der Waals surface area contributed by atoms with Crippen molar-refractivity contribution in [3.8, 4) is 0 Å². The maximum atomic E-state index is 10.1. The van der Waals surface area contributed by atoms with Crippen LogP contribution >= 0.6 is 0 Å². The number of rotatable bonds is 8. The first-order valence-corrected chi connectivity index (χ1v) is 5.14. The van der Waals surface area contributed by atoms with Crippen molar-refractivity contribution in [2.24, 2.45) is 0 Å². The van der Waals surface area contributed by atoms with Crippen molar-refractivity contribution in [2.45, 2.75) is 31.3 Å². The fourth-order valence-electron chi connectivity index (χ4n) is 0.889. The summed E-state index contributed by atoms with van der Waals surface area (Å²) in [7, 11) is 0. The number of hydrogen-bond acceptors (Lipinski definition) is 11. The van der Waals surface area contributed by atoms with E-state index in [1.165, 1.54) is 0 Å². The number of carboxylic acids is 5. The van der Waals surface area contributed by atoms with Gasteiger partial charge in [-0.05, 0) is 12.8 Å². The molecule has 0 heterocycles. The first-order chi connectivity index (χ1) is 9.40. The largest absolute Gasteiger partial charge is 1.00 e. The minimum atomic E-state index is -2.97. The van der Waals surface area contributed by atoms with Crippen LogP contribution in [0.25, 0.3) is 0 Å². The molecule has 0 unspecified atom stereocenters. The van der Waals surface area contributed by atoms with Crippen molar-refractivity contribution in [3.63, 3.8) is 0 Å². The molecule has 1 N–H and O–H groups in total. The predicted octanol–water partition coefficient (Wildman–Crippen LogP) is -11.0. The Kier molecular flexibility index (Phi) is 13.7. The maximum Gasteiger partial charge on any atom is 1.00 e. The van der Waals surface area contributed by atoms with E-state index in [0.717, 1.165) is 0 Å². The molecule has 0 aromatic rings. The molecular formula is C10H9NaO11-4. The molecule has 0 spiro atoms. The third-order valence-electron chi connectivity index (χ3n) is 1.79. The van der Waals surface area contributed by atoms with Crippen LogP contribution in [0.15, 0.2) is 0 Å². The zero-order valence-electron chi connectivity index (χ0n) is 11.4. The molecule has 22 heavy (non-hydrogen) atoms. The molecule has 120 valence electrons. The molecule has 0 radical (unpaired) electrons. The normalized spacial score (nSPS) is 9.50. The Hall–Kier alpha value is -1.69. The minimum absolute atomic E-state index is 0. The molecule has 0 amide bonds. The SMILES string of the molecule is O=C([O-])CC(O)(CC(=O)[O-])C(=O)[O-].O=C([O-])CCC(=O)[O-].[Na+]. The molecule has 0 aromatic heterocycles. The molecule has 0 aliphatic rings. The van der Waals surface area contributed by atoms with Gasteiger partial charge in [0.25, 0.3) is 0 Å². The van der Waals surface area contributed by atoms with Crippen LogP contribution in [0.4, 0.5) is 0 Å². The maximum absolute atomic E-state index is 10.1. The fourth-order valence-corrected chi connectivity index (χ4v) is 0.889. The summed E-state index contributed by atoms with van der Waals surface area (Å²) in [6.45, 7) is 0. The molecule has 0 fully saturated rings. The summed E-state index contributed by atoms with van der Waals surface area (Å²) >= 11 is 0. The summed E-state index contributed by atoms with van der Waals surface area (Å²) in [6.07, 6.45) is -3.66. The standard InChI is InChI=1S/C6H8O7.C4H6O4.Na/c7-3(8)1-6(13,5(11)12)2-4(9)10;5-3(6)1-2-4(7)8;/h13H,1-2H2,(H,7,8)(H,9,10)(H,11,12);1-2H2,(H,5,6)(H,7,8);/q;;+1/p-5. The van der Waals surface area contributed by atoms with Crippen LogP contribution < -0.4 is 55.1 Å². The van der Waals surface area contributed by atoms with Gasteiger partial charge in [0.1, 0.15) is 5.60 Å². The zero-order valence-corrected chi connectivity index (χ0v) is 13.4. The van der Waals surface area contributed by atoms with Gasteiger partial charge in [-0.1, -0.05) is 0 Å². The van der Waals surface area contributed by atoms with E-state index in [0.29, 0.717) is 0 Å². The second-order valence-corrected chi connectivity index (χ2v) is 3.66. The molecule has 0 saturated heterocycles. The summed E-state index contributed by atoms with van der Waals surface area (Å²) < 4.78 is 0. The van der Waals surface area contributed by atoms with Crippen LogP contribution in [0, 0.1) is 0 Å². The van der Waals surface area contributed by atoms with Crippen LogP contribution in [-0.2, 0) is 24.0 Å². The molecule has 0 aliphatic heterocycles. The third-order valence-corrected chi connectivity index (χ3v) is 1.79. The number of hydrogen-bond donors (Lipinski definition) is 1. The van der Waals surface area contributed by atoms with Crippen LogP contribution in [0.1, 0.15) is 25.7 Å². The van der Waals surface area contributed by atoms with Crippen molar-refractivity contribution in [1.29, 1.82) is 0 Å². The molecule has 12 heteroatoms. The smallest absolute Gasteiger partial charge is 0.550 e. The van der Waals surface area contributed by atoms with Crippen LogP contribution in [0.5, 0.6) is 0 Å². The van der Waals surface area contributed by atoms with E-state index in [1.807, 2.05) is 0 Å². The van der Waals surface area contributed by atoms with Gasteiger partial charge in [0.2, 0.25) is 0 Å². The Morgan fingerprint density at radius 1 is 0.682 bits per heavy atom. The molecule has 0 aliphatic carbocycles. The summed E-state index contributed by atoms with van der Waals surface area (Å²) in [5.41, 5.74) is -2.97. The van der Waals surface area contributed by atoms with E-state index < -0.39 is 61.1 Å². The molecule has 11 nitrogen and oxygen atoms in total. The van der Waals surface area contributed by atoms with Crippen molar-refractivity contribution in [3.05, 3.63) is 0 Å². The van der Waals surface area contributed by atoms with Gasteiger partial charge in [-0.3, -0.25) is 0 Å². The Labute approximate surface area is 145 Å². The summed E-state index contributed by atoms with van der Waals surface area (Å²) in [5.74, 6) is -8.72. The van der Waals surface area contributed by atoms with Gasteiger partial charge >= 0.3 is 29.6 Å². The second kappa shape index (κ2) is 11.9. The van der Waals surface area contributed by atoms with E-state index in [4.69, 9.17) is 5.11 Å². The number of carboxylic acid groups (broad SMARTS) is 5. The van der Waals surface area contributed by atoms with Crippen molar-refractivity contribution in [1.82, 2.24) is 0 Å². The number of carbonyl (C=O) groups is 5. The summed E-state index contributed by atoms with van der Waals surface area (Å²) in [4.78, 5) is 49.0. The van der Waals surface area contributed by atoms with E-state index in [-0.39, 0.29) is 29.6 Å². The van der Waals surface area contributed by atoms with E-state index in [9.17, 15) is 49.5 Å². The van der Waals surface area contributed by atoms with Crippen molar-refractivity contribution in [2.75, 3.05) is 0 Å². The Bertz CT molecular complexity index is 401. The molecule has 0 aromatic carbocycles. The number of carbonyl (C=O) groups excluding carboxylic acids is 5. The molecule has 0 atom stereocenters. The second-order valence-electron chi connectivity index (χ2n) is 3.66. The molecule has 0 saturated carbocycles. The van der Waals surface area contributed by atoms with Crippen LogP contribution in [0.2, 0.25) is 0 Å². The van der Waals surface area contributed by atoms with Gasteiger partial charge in [-0.25, -0.2) is 0 Å². The zero-order chi connectivity index (χ0) is 17.2. The van der Waals surface area contributed by atoms with Gasteiger partial charge in [-0.15, -0.1) is 0 Å². The first-order valence-electron chi connectivity index (χ1n) is 5.14. The predicted molar refractivity (Wildman–Crippen MR) is 48.5 cm³/mol. The first kappa shape index (κ1) is 25.3. The molecule has 0 bridgehead atoms. The number of aliphatic carboxylic acids is 5. The van der Waals surface area contributed by atoms with Gasteiger partial charge in [0, 0.05) is 36.7 Å². The van der Waals surface area contributed by atoms with Crippen molar-refractivity contribution >= 4 is 29.8 Å². The van der Waals surface area contributed by atoms with E-state index in [1.54, 1.807) is 0 Å². The van der Waals surface area contributed by atoms with Crippen LogP contribution in [0.3, 0.4) is 0 Å². The average Bonchev–Trinajstić information content (AvgIpc) is 2.24. The average molecular weight is 328 g/mol. The quantitative estimate of drug-likeness (QED) is 0.412. The molecular weight excluding hydrogens is 319 g/mol. The number of aliphatic hydroxyl groups is 1. The Morgan fingerprint density at radius 3 is 1.09 bits per heavy atom. The van der Waals surface area contributed by atoms with E-state index >= 15 is 0 Å². The fraction of sp³-hybridized carbons (Fsp3) is 0.500. The topological polar surface area (TPSA) is 221 Å².